The van der Waals surface area contributed by atoms with Crippen LogP contribution in [0.1, 0.15) is 53.4 Å². The molecule has 0 aliphatic heterocycles. The molecule has 0 saturated carbocycles. The zero-order valence-electron chi connectivity index (χ0n) is 17.2. The maximum Gasteiger partial charge on any atom is 0.328 e. The number of carbonyl (C=O) groups is 1. The summed E-state index contributed by atoms with van der Waals surface area (Å²) in [6, 6.07) is 0. The van der Waals surface area contributed by atoms with E-state index in [1.54, 1.807) is 6.08 Å². The Labute approximate surface area is 164 Å². The standard InChI is InChI=1S/C25H34O2/c1-5-10-22-15-14-21-17-19(2)13-16-23(21)25(22,4)18-20(3)11-8-6-7-9-12-24(26)27/h6-9,11-15,18,21-23H,5,10,16-17H2,1-4H3,(H,26,27). The molecular formula is C25H34O2. The van der Waals surface area contributed by atoms with Crippen molar-refractivity contribution in [1.29, 1.82) is 0 Å². The second-order valence-corrected chi connectivity index (χ2v) is 8.24. The molecule has 0 bridgehead atoms. The first-order chi connectivity index (χ1) is 12.9. The molecule has 0 aromatic heterocycles. The summed E-state index contributed by atoms with van der Waals surface area (Å²) in [6.07, 6.45) is 25.1. The highest BCUT2D eigenvalue weighted by Crippen LogP contribution is 2.52. The molecule has 4 atom stereocenters. The van der Waals surface area contributed by atoms with E-state index in [1.807, 2.05) is 12.2 Å². The van der Waals surface area contributed by atoms with Gasteiger partial charge in [-0.25, -0.2) is 4.79 Å². The summed E-state index contributed by atoms with van der Waals surface area (Å²) in [5.74, 6) is 0.988. The Bertz CT molecular complexity index is 702. The molecule has 0 saturated heterocycles. The topological polar surface area (TPSA) is 37.3 Å². The molecule has 27 heavy (non-hydrogen) atoms. The summed E-state index contributed by atoms with van der Waals surface area (Å²) in [4.78, 5) is 10.5. The molecule has 2 heteroatoms. The van der Waals surface area contributed by atoms with Gasteiger partial charge in [0.25, 0.3) is 0 Å². The minimum absolute atomic E-state index is 0.175. The monoisotopic (exact) mass is 366 g/mol. The van der Waals surface area contributed by atoms with Gasteiger partial charge < -0.3 is 5.11 Å². The molecule has 0 amide bonds. The number of hydrogen-bond donors (Lipinski definition) is 1. The van der Waals surface area contributed by atoms with Crippen LogP contribution < -0.4 is 0 Å². The predicted octanol–water partition coefficient (Wildman–Crippen LogP) is 6.65. The maximum atomic E-state index is 10.5. The fraction of sp³-hybridized carbons (Fsp3) is 0.480. The minimum atomic E-state index is -0.925. The first-order valence-corrected chi connectivity index (χ1v) is 10.1. The van der Waals surface area contributed by atoms with E-state index in [0.717, 1.165) is 6.08 Å². The number of carboxylic acid groups (broad SMARTS) is 1. The maximum absolute atomic E-state index is 10.5. The highest BCUT2D eigenvalue weighted by Gasteiger charge is 2.44. The smallest absolute Gasteiger partial charge is 0.328 e. The van der Waals surface area contributed by atoms with Crippen molar-refractivity contribution < 1.29 is 9.90 Å². The van der Waals surface area contributed by atoms with Gasteiger partial charge in [0.1, 0.15) is 0 Å². The highest BCUT2D eigenvalue weighted by atomic mass is 16.4. The zero-order chi connectivity index (χ0) is 19.9. The fourth-order valence-electron chi connectivity index (χ4n) is 4.72. The van der Waals surface area contributed by atoms with E-state index in [2.05, 4.69) is 58.1 Å². The van der Waals surface area contributed by atoms with Gasteiger partial charge in [-0.3, -0.25) is 0 Å². The van der Waals surface area contributed by atoms with E-state index >= 15 is 0 Å². The number of rotatable bonds is 7. The van der Waals surface area contributed by atoms with Crippen LogP contribution in [0.2, 0.25) is 0 Å². The third kappa shape index (κ3) is 5.69. The van der Waals surface area contributed by atoms with E-state index in [-0.39, 0.29) is 5.41 Å². The lowest BCUT2D eigenvalue weighted by atomic mass is 9.55. The van der Waals surface area contributed by atoms with E-state index in [4.69, 9.17) is 5.11 Å². The first kappa shape index (κ1) is 21.2. The molecule has 146 valence electrons. The van der Waals surface area contributed by atoms with Gasteiger partial charge in [-0.2, -0.15) is 0 Å². The predicted molar refractivity (Wildman–Crippen MR) is 114 cm³/mol. The Balaban J connectivity index is 2.20. The lowest BCUT2D eigenvalue weighted by Crippen LogP contribution is -2.41. The Hall–Kier alpha value is -2.09. The van der Waals surface area contributed by atoms with Gasteiger partial charge in [0.15, 0.2) is 0 Å². The molecule has 2 aliphatic rings. The van der Waals surface area contributed by atoms with Gasteiger partial charge >= 0.3 is 5.97 Å². The van der Waals surface area contributed by atoms with Crippen molar-refractivity contribution in [1.82, 2.24) is 0 Å². The zero-order valence-corrected chi connectivity index (χ0v) is 17.2. The summed E-state index contributed by atoms with van der Waals surface area (Å²) >= 11 is 0. The lowest BCUT2D eigenvalue weighted by Gasteiger charge is -2.49. The summed E-state index contributed by atoms with van der Waals surface area (Å²) in [5, 5.41) is 8.59. The van der Waals surface area contributed by atoms with Gasteiger partial charge in [0, 0.05) is 6.08 Å². The van der Waals surface area contributed by atoms with Crippen LogP contribution in [0.15, 0.2) is 71.9 Å². The Morgan fingerprint density at radius 3 is 2.59 bits per heavy atom. The molecule has 0 spiro atoms. The molecule has 0 aromatic carbocycles. The van der Waals surface area contributed by atoms with Gasteiger partial charge in [-0.05, 0) is 56.3 Å². The van der Waals surface area contributed by atoms with Crippen molar-refractivity contribution in [2.24, 2.45) is 23.2 Å². The summed E-state index contributed by atoms with van der Waals surface area (Å²) in [6.45, 7) is 9.15. The van der Waals surface area contributed by atoms with Crippen LogP contribution in [-0.2, 0) is 4.79 Å². The third-order valence-electron chi connectivity index (χ3n) is 6.05. The van der Waals surface area contributed by atoms with Crippen molar-refractivity contribution in [3.63, 3.8) is 0 Å². The molecular weight excluding hydrogens is 332 g/mol. The number of fused-ring (bicyclic) bond motifs is 1. The van der Waals surface area contributed by atoms with Crippen LogP contribution >= 0.6 is 0 Å². The van der Waals surface area contributed by atoms with Crippen LogP contribution in [0.4, 0.5) is 0 Å². The normalized spacial score (nSPS) is 31.6. The number of hydrogen-bond acceptors (Lipinski definition) is 1. The molecule has 2 aliphatic carbocycles. The molecule has 2 rings (SSSR count). The van der Waals surface area contributed by atoms with E-state index in [1.165, 1.54) is 42.9 Å². The van der Waals surface area contributed by atoms with Gasteiger partial charge in [0.05, 0.1) is 0 Å². The van der Waals surface area contributed by atoms with Crippen molar-refractivity contribution >= 4 is 5.97 Å². The first-order valence-electron chi connectivity index (χ1n) is 10.1. The largest absolute Gasteiger partial charge is 0.478 e. The van der Waals surface area contributed by atoms with Crippen molar-refractivity contribution in [2.75, 3.05) is 0 Å². The summed E-state index contributed by atoms with van der Waals surface area (Å²) in [7, 11) is 0. The van der Waals surface area contributed by atoms with Crippen LogP contribution in [0, 0.1) is 23.2 Å². The van der Waals surface area contributed by atoms with Crippen molar-refractivity contribution in [2.45, 2.75) is 53.4 Å². The number of allylic oxidation sites excluding steroid dienone is 11. The van der Waals surface area contributed by atoms with E-state index in [9.17, 15) is 4.79 Å². The van der Waals surface area contributed by atoms with Crippen LogP contribution in [0.25, 0.3) is 0 Å². The Kier molecular flexibility index (Phi) is 7.65. The quantitative estimate of drug-likeness (QED) is 0.311. The Morgan fingerprint density at radius 2 is 1.93 bits per heavy atom. The van der Waals surface area contributed by atoms with Crippen LogP contribution in [0.5, 0.6) is 0 Å². The average molecular weight is 367 g/mol. The fourth-order valence-corrected chi connectivity index (χ4v) is 4.72. The molecule has 0 radical (unpaired) electrons. The van der Waals surface area contributed by atoms with E-state index < -0.39 is 5.97 Å². The second kappa shape index (κ2) is 9.73. The highest BCUT2D eigenvalue weighted by molar-refractivity contribution is 5.80. The SMILES string of the molecule is CCCC1C=CC2CC(C)=CCC2C1(C)C=C(C)C=CC=CC=CC(=O)O. The average Bonchev–Trinajstić information content (AvgIpc) is 2.60. The molecule has 0 aromatic rings. The van der Waals surface area contributed by atoms with Gasteiger partial charge in [0.2, 0.25) is 0 Å². The van der Waals surface area contributed by atoms with Crippen LogP contribution in [-0.4, -0.2) is 11.1 Å². The van der Waals surface area contributed by atoms with E-state index in [0.29, 0.717) is 17.8 Å². The van der Waals surface area contributed by atoms with Crippen LogP contribution in [0.3, 0.4) is 0 Å². The lowest BCUT2D eigenvalue weighted by molar-refractivity contribution is -0.131. The molecule has 0 fully saturated rings. The molecule has 1 N–H and O–H groups in total. The number of carboxylic acids is 1. The van der Waals surface area contributed by atoms with Crippen molar-refractivity contribution in [3.8, 4) is 0 Å². The summed E-state index contributed by atoms with van der Waals surface area (Å²) in [5.41, 5.74) is 2.97. The second-order valence-electron chi connectivity index (χ2n) is 8.24. The number of aliphatic carboxylic acids is 1. The third-order valence-corrected chi connectivity index (χ3v) is 6.05. The molecule has 0 heterocycles. The van der Waals surface area contributed by atoms with Crippen molar-refractivity contribution in [3.05, 3.63) is 71.9 Å². The van der Waals surface area contributed by atoms with Gasteiger partial charge in [-0.1, -0.05) is 86.1 Å². The van der Waals surface area contributed by atoms with Gasteiger partial charge in [-0.15, -0.1) is 0 Å². The molecule has 4 unspecified atom stereocenters. The summed E-state index contributed by atoms with van der Waals surface area (Å²) < 4.78 is 0. The molecule has 2 nitrogen and oxygen atoms in total. The minimum Gasteiger partial charge on any atom is -0.478 e. The Morgan fingerprint density at radius 1 is 1.22 bits per heavy atom.